The normalized spacial score (nSPS) is 12.5. The third-order valence-corrected chi connectivity index (χ3v) is 3.11. The fourth-order valence-corrected chi connectivity index (χ4v) is 2.21. The molecule has 0 aliphatic rings. The summed E-state index contributed by atoms with van der Waals surface area (Å²) in [6.07, 6.45) is 0.933. The fraction of sp³-hybridized carbons (Fsp3) is 0.462. The molecule has 4 heteroatoms. The summed E-state index contributed by atoms with van der Waals surface area (Å²) in [5, 5.41) is 0. The minimum Gasteiger partial charge on any atom is -0.497 e. The SMILES string of the molecule is CCC(C(N)=S)N(C)Cc1ccc(OC)cc1. The highest BCUT2D eigenvalue weighted by Gasteiger charge is 2.15. The zero-order chi connectivity index (χ0) is 12.8. The van der Waals surface area contributed by atoms with E-state index in [0.717, 1.165) is 18.7 Å². The van der Waals surface area contributed by atoms with Gasteiger partial charge in [-0.1, -0.05) is 31.3 Å². The maximum atomic E-state index is 5.72. The van der Waals surface area contributed by atoms with Gasteiger partial charge in [-0.3, -0.25) is 4.90 Å². The number of hydrogen-bond acceptors (Lipinski definition) is 3. The Balaban J connectivity index is 2.66. The maximum absolute atomic E-state index is 5.72. The lowest BCUT2D eigenvalue weighted by Crippen LogP contribution is -2.40. The van der Waals surface area contributed by atoms with E-state index >= 15 is 0 Å². The van der Waals surface area contributed by atoms with E-state index in [1.165, 1.54) is 5.56 Å². The van der Waals surface area contributed by atoms with Crippen molar-refractivity contribution in [2.24, 2.45) is 5.73 Å². The minimum absolute atomic E-state index is 0.159. The van der Waals surface area contributed by atoms with Crippen LogP contribution in [0.15, 0.2) is 24.3 Å². The molecule has 1 aromatic rings. The second kappa shape index (κ2) is 6.57. The number of thiocarbonyl (C=S) groups is 1. The van der Waals surface area contributed by atoms with Gasteiger partial charge in [-0.25, -0.2) is 0 Å². The molecular formula is C13H20N2OS. The van der Waals surface area contributed by atoms with Gasteiger partial charge in [0.25, 0.3) is 0 Å². The van der Waals surface area contributed by atoms with Gasteiger partial charge in [0.05, 0.1) is 18.1 Å². The Labute approximate surface area is 109 Å². The standard InChI is InChI=1S/C13H20N2OS/c1-4-12(13(14)17)15(2)9-10-5-7-11(16-3)8-6-10/h5-8,12H,4,9H2,1-3H3,(H2,14,17). The molecular weight excluding hydrogens is 232 g/mol. The molecule has 0 aliphatic heterocycles. The van der Waals surface area contributed by atoms with E-state index in [-0.39, 0.29) is 6.04 Å². The summed E-state index contributed by atoms with van der Waals surface area (Å²) in [5.41, 5.74) is 6.94. The Kier molecular flexibility index (Phi) is 5.38. The average Bonchev–Trinajstić information content (AvgIpc) is 2.30. The van der Waals surface area contributed by atoms with E-state index < -0.39 is 0 Å². The van der Waals surface area contributed by atoms with E-state index in [0.29, 0.717) is 4.99 Å². The van der Waals surface area contributed by atoms with Crippen LogP contribution >= 0.6 is 12.2 Å². The van der Waals surface area contributed by atoms with Gasteiger partial charge in [0.2, 0.25) is 0 Å². The second-order valence-corrected chi connectivity index (χ2v) is 4.56. The Morgan fingerprint density at radius 1 is 1.41 bits per heavy atom. The van der Waals surface area contributed by atoms with Gasteiger partial charge in [0, 0.05) is 6.54 Å². The number of methoxy groups -OCH3 is 1. The summed E-state index contributed by atoms with van der Waals surface area (Å²) >= 11 is 5.06. The lowest BCUT2D eigenvalue weighted by atomic mass is 10.1. The molecule has 1 aromatic carbocycles. The summed E-state index contributed by atoms with van der Waals surface area (Å²) in [6.45, 7) is 2.92. The molecule has 0 fully saturated rings. The van der Waals surface area contributed by atoms with Crippen molar-refractivity contribution in [3.8, 4) is 5.75 Å². The Hall–Kier alpha value is -1.13. The summed E-state index contributed by atoms with van der Waals surface area (Å²) in [4.78, 5) is 2.73. The van der Waals surface area contributed by atoms with Crippen LogP contribution in [0.25, 0.3) is 0 Å². The summed E-state index contributed by atoms with van der Waals surface area (Å²) in [6, 6.07) is 8.20. The van der Waals surface area contributed by atoms with Gasteiger partial charge >= 0.3 is 0 Å². The topological polar surface area (TPSA) is 38.5 Å². The van der Waals surface area contributed by atoms with Gasteiger partial charge in [-0.2, -0.15) is 0 Å². The van der Waals surface area contributed by atoms with Crippen molar-refractivity contribution >= 4 is 17.2 Å². The van der Waals surface area contributed by atoms with E-state index in [4.69, 9.17) is 22.7 Å². The summed E-state index contributed by atoms with van der Waals surface area (Å²) < 4.78 is 5.13. The zero-order valence-corrected chi connectivity index (χ0v) is 11.5. The van der Waals surface area contributed by atoms with Crippen LogP contribution < -0.4 is 10.5 Å². The second-order valence-electron chi connectivity index (χ2n) is 4.09. The van der Waals surface area contributed by atoms with E-state index in [1.807, 2.05) is 19.2 Å². The number of nitrogens with zero attached hydrogens (tertiary/aromatic N) is 1. The predicted molar refractivity (Wildman–Crippen MR) is 75.3 cm³/mol. The predicted octanol–water partition coefficient (Wildman–Crippen LogP) is 2.19. The number of likely N-dealkylation sites (N-methyl/N-ethyl adjacent to an activating group) is 1. The minimum atomic E-state index is 0.159. The fourth-order valence-electron chi connectivity index (χ4n) is 1.86. The molecule has 0 amide bonds. The van der Waals surface area contributed by atoms with Crippen molar-refractivity contribution in [3.05, 3.63) is 29.8 Å². The Morgan fingerprint density at radius 2 is 2.00 bits per heavy atom. The highest BCUT2D eigenvalue weighted by Crippen LogP contribution is 2.14. The number of benzene rings is 1. The van der Waals surface area contributed by atoms with E-state index in [2.05, 4.69) is 24.0 Å². The van der Waals surface area contributed by atoms with Crippen molar-refractivity contribution in [1.29, 1.82) is 0 Å². The smallest absolute Gasteiger partial charge is 0.118 e. The first-order valence-electron chi connectivity index (χ1n) is 5.71. The molecule has 0 bridgehead atoms. The average molecular weight is 252 g/mol. The molecule has 1 rings (SSSR count). The third-order valence-electron chi connectivity index (χ3n) is 2.84. The van der Waals surface area contributed by atoms with Crippen molar-refractivity contribution in [3.63, 3.8) is 0 Å². The molecule has 3 nitrogen and oxygen atoms in total. The van der Waals surface area contributed by atoms with Crippen LogP contribution in [0, 0.1) is 0 Å². The lowest BCUT2D eigenvalue weighted by Gasteiger charge is -2.26. The number of hydrogen-bond donors (Lipinski definition) is 1. The monoisotopic (exact) mass is 252 g/mol. The molecule has 0 radical (unpaired) electrons. The van der Waals surface area contributed by atoms with Crippen molar-refractivity contribution in [2.45, 2.75) is 25.9 Å². The molecule has 94 valence electrons. The third kappa shape index (κ3) is 3.98. The molecule has 0 saturated heterocycles. The molecule has 2 N–H and O–H groups in total. The van der Waals surface area contributed by atoms with Crippen LogP contribution in [0.1, 0.15) is 18.9 Å². The molecule has 0 heterocycles. The molecule has 17 heavy (non-hydrogen) atoms. The Bertz CT molecular complexity index is 364. The molecule has 1 unspecified atom stereocenters. The first-order chi connectivity index (χ1) is 8.08. The van der Waals surface area contributed by atoms with Crippen molar-refractivity contribution in [1.82, 2.24) is 4.90 Å². The van der Waals surface area contributed by atoms with E-state index in [1.54, 1.807) is 7.11 Å². The van der Waals surface area contributed by atoms with Crippen LogP contribution in [0.4, 0.5) is 0 Å². The first-order valence-corrected chi connectivity index (χ1v) is 6.11. The van der Waals surface area contributed by atoms with E-state index in [9.17, 15) is 0 Å². The van der Waals surface area contributed by atoms with Gasteiger partial charge < -0.3 is 10.5 Å². The number of ether oxygens (including phenoxy) is 1. The van der Waals surface area contributed by atoms with Crippen LogP contribution in [0.3, 0.4) is 0 Å². The van der Waals surface area contributed by atoms with Gasteiger partial charge in [-0.05, 0) is 31.2 Å². The van der Waals surface area contributed by atoms with Crippen molar-refractivity contribution in [2.75, 3.05) is 14.2 Å². The molecule has 0 aromatic heterocycles. The number of rotatable bonds is 6. The summed E-state index contributed by atoms with van der Waals surface area (Å²) in [7, 11) is 3.71. The van der Waals surface area contributed by atoms with Crippen LogP contribution in [-0.2, 0) is 6.54 Å². The lowest BCUT2D eigenvalue weighted by molar-refractivity contribution is 0.283. The van der Waals surface area contributed by atoms with Crippen molar-refractivity contribution < 1.29 is 4.74 Å². The first kappa shape index (κ1) is 13.9. The van der Waals surface area contributed by atoms with Crippen LogP contribution in [0.5, 0.6) is 5.75 Å². The molecule has 1 atom stereocenters. The van der Waals surface area contributed by atoms with Gasteiger partial charge in [0.15, 0.2) is 0 Å². The molecule has 0 aliphatic carbocycles. The molecule has 0 spiro atoms. The van der Waals surface area contributed by atoms with Crippen LogP contribution in [-0.4, -0.2) is 30.1 Å². The maximum Gasteiger partial charge on any atom is 0.118 e. The number of nitrogens with two attached hydrogens (primary N) is 1. The quantitative estimate of drug-likeness (QED) is 0.788. The zero-order valence-electron chi connectivity index (χ0n) is 10.6. The highest BCUT2D eigenvalue weighted by molar-refractivity contribution is 7.80. The van der Waals surface area contributed by atoms with Gasteiger partial charge in [-0.15, -0.1) is 0 Å². The highest BCUT2D eigenvalue weighted by atomic mass is 32.1. The van der Waals surface area contributed by atoms with Crippen LogP contribution in [0.2, 0.25) is 0 Å². The largest absolute Gasteiger partial charge is 0.497 e. The van der Waals surface area contributed by atoms with Gasteiger partial charge in [0.1, 0.15) is 5.75 Å². The molecule has 0 saturated carbocycles. The Morgan fingerprint density at radius 3 is 2.41 bits per heavy atom. The summed E-state index contributed by atoms with van der Waals surface area (Å²) in [5.74, 6) is 0.873.